The largest absolute Gasteiger partial charge is 0.497 e. The maximum Gasteiger partial charge on any atom is 0.285 e. The van der Waals surface area contributed by atoms with E-state index in [0.29, 0.717) is 22.8 Å². The molecule has 0 aromatic heterocycles. The van der Waals surface area contributed by atoms with E-state index in [2.05, 4.69) is 21.4 Å². The summed E-state index contributed by atoms with van der Waals surface area (Å²) in [5, 5.41) is 1.09. The van der Waals surface area contributed by atoms with Crippen LogP contribution < -0.4 is 14.9 Å². The summed E-state index contributed by atoms with van der Waals surface area (Å²) in [6.07, 6.45) is 2.64. The van der Waals surface area contributed by atoms with Gasteiger partial charge in [0.15, 0.2) is 4.32 Å². The Kier molecular flexibility index (Phi) is 7.52. The van der Waals surface area contributed by atoms with Gasteiger partial charge in [0.1, 0.15) is 11.5 Å². The number of thiocarbonyl (C=S) groups is 1. The second-order valence-corrected chi connectivity index (χ2v) is 8.75. The van der Waals surface area contributed by atoms with Crippen molar-refractivity contribution in [2.75, 3.05) is 13.7 Å². The van der Waals surface area contributed by atoms with E-state index in [0.717, 1.165) is 39.0 Å². The van der Waals surface area contributed by atoms with Gasteiger partial charge >= 0.3 is 0 Å². The van der Waals surface area contributed by atoms with E-state index >= 15 is 0 Å². The molecule has 1 N–H and O–H groups in total. The average molecular weight is 507 g/mol. The Morgan fingerprint density at radius 2 is 2.00 bits per heavy atom. The van der Waals surface area contributed by atoms with E-state index in [1.54, 1.807) is 37.5 Å². The van der Waals surface area contributed by atoms with E-state index in [-0.39, 0.29) is 10.2 Å². The molecule has 2 aromatic rings. The molecule has 0 bridgehead atoms. The van der Waals surface area contributed by atoms with Crippen LogP contribution in [0.5, 0.6) is 11.5 Å². The summed E-state index contributed by atoms with van der Waals surface area (Å²) in [5.41, 5.74) is 3.77. The van der Waals surface area contributed by atoms with E-state index < -0.39 is 5.91 Å². The number of carbonyl (C=O) groups is 2. The molecule has 2 amide bonds. The van der Waals surface area contributed by atoms with Gasteiger partial charge in [-0.2, -0.15) is 5.01 Å². The third-order valence-corrected chi connectivity index (χ3v) is 6.00. The lowest BCUT2D eigenvalue weighted by Gasteiger charge is -2.15. The lowest BCUT2D eigenvalue weighted by atomic mass is 10.2. The topological polar surface area (TPSA) is 67.9 Å². The number of thioether (sulfide) groups is 1. The highest BCUT2D eigenvalue weighted by atomic mass is 79.9. The first-order valence-corrected chi connectivity index (χ1v) is 11.1. The minimum absolute atomic E-state index is 0.259. The predicted molar refractivity (Wildman–Crippen MR) is 125 cm³/mol. The minimum atomic E-state index is -0.435. The van der Waals surface area contributed by atoms with E-state index in [9.17, 15) is 9.59 Å². The molecule has 0 aliphatic carbocycles. The number of hydrogen-bond acceptors (Lipinski definition) is 6. The Bertz CT molecular complexity index is 1010. The molecule has 0 saturated carbocycles. The molecule has 1 fully saturated rings. The molecule has 3 rings (SSSR count). The molecule has 0 spiro atoms. The first-order chi connectivity index (χ1) is 14.4. The summed E-state index contributed by atoms with van der Waals surface area (Å²) in [4.78, 5) is 25.6. The van der Waals surface area contributed by atoms with Gasteiger partial charge in [0.05, 0.1) is 23.1 Å². The Balaban J connectivity index is 1.72. The Labute approximate surface area is 192 Å². The summed E-state index contributed by atoms with van der Waals surface area (Å²) in [7, 11) is 1.55. The van der Waals surface area contributed by atoms with Crippen LogP contribution in [0, 0.1) is 0 Å². The van der Waals surface area contributed by atoms with Crippen LogP contribution in [-0.4, -0.2) is 34.9 Å². The zero-order chi connectivity index (χ0) is 21.7. The van der Waals surface area contributed by atoms with Crippen LogP contribution in [0.25, 0.3) is 6.08 Å². The fraction of sp³-hybridized carbons (Fsp3) is 0.190. The maximum atomic E-state index is 12.8. The van der Waals surface area contributed by atoms with Crippen LogP contribution in [0.15, 0.2) is 51.8 Å². The highest BCUT2D eigenvalue weighted by Gasteiger charge is 2.33. The number of benzene rings is 2. The molecular weight excluding hydrogens is 488 g/mol. The first kappa shape index (κ1) is 22.3. The molecule has 1 saturated heterocycles. The van der Waals surface area contributed by atoms with Gasteiger partial charge in [-0.3, -0.25) is 15.0 Å². The summed E-state index contributed by atoms with van der Waals surface area (Å²) < 4.78 is 11.8. The number of nitrogens with one attached hydrogen (secondary N) is 1. The molecule has 0 unspecified atom stereocenters. The zero-order valence-electron chi connectivity index (χ0n) is 16.3. The first-order valence-electron chi connectivity index (χ1n) is 9.08. The standard InChI is InChI=1S/C21H19BrN2O4S2/c1-3-10-28-17-9-4-13(11-16(17)22)12-18-20(26)24(21(29)30-18)23-19(25)14-5-7-15(27-2)8-6-14/h4-9,11-12H,3,10H2,1-2H3,(H,23,25)/b18-12-. The molecule has 30 heavy (non-hydrogen) atoms. The number of rotatable bonds is 7. The minimum Gasteiger partial charge on any atom is -0.497 e. The van der Waals surface area contributed by atoms with Crippen LogP contribution >= 0.6 is 39.9 Å². The van der Waals surface area contributed by atoms with Crippen LogP contribution in [0.3, 0.4) is 0 Å². The summed E-state index contributed by atoms with van der Waals surface area (Å²) >= 11 is 9.89. The van der Waals surface area contributed by atoms with Gasteiger partial charge in [0, 0.05) is 5.56 Å². The van der Waals surface area contributed by atoms with Crippen molar-refractivity contribution in [2.45, 2.75) is 13.3 Å². The fourth-order valence-electron chi connectivity index (χ4n) is 2.56. The summed E-state index contributed by atoms with van der Waals surface area (Å²) in [6.45, 7) is 2.67. The van der Waals surface area contributed by atoms with Crippen molar-refractivity contribution in [3.8, 4) is 11.5 Å². The van der Waals surface area contributed by atoms with Crippen LogP contribution in [0.4, 0.5) is 0 Å². The molecule has 2 aromatic carbocycles. The lowest BCUT2D eigenvalue weighted by Crippen LogP contribution is -2.44. The highest BCUT2D eigenvalue weighted by Crippen LogP contribution is 2.33. The Morgan fingerprint density at radius 1 is 1.27 bits per heavy atom. The molecule has 0 radical (unpaired) electrons. The molecule has 1 aliphatic heterocycles. The van der Waals surface area contributed by atoms with E-state index in [1.165, 1.54) is 0 Å². The van der Waals surface area contributed by atoms with Crippen molar-refractivity contribution in [2.24, 2.45) is 0 Å². The Morgan fingerprint density at radius 3 is 2.63 bits per heavy atom. The zero-order valence-corrected chi connectivity index (χ0v) is 19.5. The second-order valence-electron chi connectivity index (χ2n) is 6.22. The molecule has 0 atom stereocenters. The number of ether oxygens (including phenoxy) is 2. The van der Waals surface area contributed by atoms with E-state index in [4.69, 9.17) is 21.7 Å². The van der Waals surface area contributed by atoms with Crippen LogP contribution in [-0.2, 0) is 4.79 Å². The monoisotopic (exact) mass is 506 g/mol. The Hall–Kier alpha value is -2.36. The molecule has 9 heteroatoms. The number of carbonyl (C=O) groups excluding carboxylic acids is 2. The third-order valence-electron chi connectivity index (χ3n) is 4.07. The number of halogens is 1. The van der Waals surface area contributed by atoms with Crippen molar-refractivity contribution in [1.29, 1.82) is 0 Å². The van der Waals surface area contributed by atoms with Crippen LogP contribution in [0.1, 0.15) is 29.3 Å². The van der Waals surface area contributed by atoms with Gasteiger partial charge < -0.3 is 9.47 Å². The molecule has 1 heterocycles. The van der Waals surface area contributed by atoms with Gasteiger partial charge in [0.25, 0.3) is 11.8 Å². The molecular formula is C21H19BrN2O4S2. The second kappa shape index (κ2) is 10.1. The normalized spacial score (nSPS) is 14.9. The van der Waals surface area contributed by atoms with Gasteiger partial charge in [-0.15, -0.1) is 0 Å². The predicted octanol–water partition coefficient (Wildman–Crippen LogP) is 4.79. The van der Waals surface area contributed by atoms with Crippen molar-refractivity contribution in [3.63, 3.8) is 0 Å². The number of amides is 2. The number of hydrogen-bond donors (Lipinski definition) is 1. The van der Waals surface area contributed by atoms with Crippen molar-refractivity contribution >= 4 is 62.1 Å². The van der Waals surface area contributed by atoms with Crippen molar-refractivity contribution in [3.05, 3.63) is 63.0 Å². The van der Waals surface area contributed by atoms with Gasteiger partial charge in [-0.05, 0) is 82.6 Å². The summed E-state index contributed by atoms with van der Waals surface area (Å²) in [5.74, 6) is 0.565. The highest BCUT2D eigenvalue weighted by molar-refractivity contribution is 9.10. The quantitative estimate of drug-likeness (QED) is 0.430. The van der Waals surface area contributed by atoms with E-state index in [1.807, 2.05) is 25.1 Å². The number of hydrazine groups is 1. The number of nitrogens with zero attached hydrogens (tertiary/aromatic N) is 1. The third kappa shape index (κ3) is 5.21. The maximum absolute atomic E-state index is 12.8. The molecule has 156 valence electrons. The number of methoxy groups -OCH3 is 1. The smallest absolute Gasteiger partial charge is 0.285 e. The van der Waals surface area contributed by atoms with Crippen molar-refractivity contribution in [1.82, 2.24) is 10.4 Å². The van der Waals surface area contributed by atoms with Gasteiger partial charge in [-0.25, -0.2) is 0 Å². The van der Waals surface area contributed by atoms with Gasteiger partial charge in [0.2, 0.25) is 0 Å². The van der Waals surface area contributed by atoms with Crippen LogP contribution in [0.2, 0.25) is 0 Å². The molecule has 6 nitrogen and oxygen atoms in total. The average Bonchev–Trinajstić information content (AvgIpc) is 3.00. The van der Waals surface area contributed by atoms with Crippen molar-refractivity contribution < 1.29 is 19.1 Å². The molecule has 1 aliphatic rings. The van der Waals surface area contributed by atoms with Gasteiger partial charge in [-0.1, -0.05) is 24.8 Å². The fourth-order valence-corrected chi connectivity index (χ4v) is 4.25. The lowest BCUT2D eigenvalue weighted by molar-refractivity contribution is -0.123. The summed E-state index contributed by atoms with van der Waals surface area (Å²) in [6, 6.07) is 12.1. The SMILES string of the molecule is CCCOc1ccc(/C=C2\SC(=S)N(NC(=O)c3ccc(OC)cc3)C2=O)cc1Br.